The number of alkyl carbamates (subject to hydrolysis) is 1. The van der Waals surface area contributed by atoms with E-state index in [4.69, 9.17) is 26.3 Å². The van der Waals surface area contributed by atoms with Crippen LogP contribution in [-0.2, 0) is 19.1 Å². The molecule has 8 nitrogen and oxygen atoms in total. The molecule has 1 aromatic carbocycles. The predicted octanol–water partition coefficient (Wildman–Crippen LogP) is 2.61. The van der Waals surface area contributed by atoms with Crippen LogP contribution in [0.4, 0.5) is 10.5 Å². The van der Waals surface area contributed by atoms with Gasteiger partial charge in [0.2, 0.25) is 0 Å². The van der Waals surface area contributed by atoms with Gasteiger partial charge in [0.15, 0.2) is 6.61 Å². The third kappa shape index (κ3) is 8.35. The van der Waals surface area contributed by atoms with Crippen molar-refractivity contribution in [2.75, 3.05) is 18.5 Å². The van der Waals surface area contributed by atoms with Crippen molar-refractivity contribution in [3.8, 4) is 6.07 Å². The van der Waals surface area contributed by atoms with Gasteiger partial charge in [-0.2, -0.15) is 5.26 Å². The molecule has 1 rings (SSSR count). The van der Waals surface area contributed by atoms with E-state index in [0.717, 1.165) is 0 Å². The zero-order chi connectivity index (χ0) is 19.7. The molecule has 0 bridgehead atoms. The van der Waals surface area contributed by atoms with Gasteiger partial charge in [-0.1, -0.05) is 11.6 Å². The molecule has 0 aliphatic rings. The van der Waals surface area contributed by atoms with Crippen molar-refractivity contribution in [2.45, 2.75) is 32.8 Å². The largest absolute Gasteiger partial charge is 0.456 e. The van der Waals surface area contributed by atoms with E-state index in [1.165, 1.54) is 18.2 Å². The summed E-state index contributed by atoms with van der Waals surface area (Å²) in [6.07, 6.45) is -0.763. The second-order valence-corrected chi connectivity index (χ2v) is 6.63. The predicted molar refractivity (Wildman–Crippen MR) is 94.6 cm³/mol. The number of amides is 2. The number of nitrogens with zero attached hydrogens (tertiary/aromatic N) is 1. The van der Waals surface area contributed by atoms with Crippen LogP contribution in [0.15, 0.2) is 18.2 Å². The molecule has 0 aliphatic heterocycles. The number of carbonyl (C=O) groups is 3. The monoisotopic (exact) mass is 381 g/mol. The third-order valence-corrected chi connectivity index (χ3v) is 2.97. The molecule has 0 saturated heterocycles. The Labute approximate surface area is 156 Å². The van der Waals surface area contributed by atoms with Crippen LogP contribution in [0.2, 0.25) is 5.02 Å². The van der Waals surface area contributed by atoms with Crippen LogP contribution in [0.3, 0.4) is 0 Å². The zero-order valence-corrected chi connectivity index (χ0v) is 15.5. The Morgan fingerprint density at radius 3 is 2.58 bits per heavy atom. The Bertz CT molecular complexity index is 722. The standard InChI is InChI=1S/C17H20ClN3O5/c1-17(2,3)26-16(24)20-7-6-15(23)25-10-14(22)21-13-8-12(18)5-4-11(13)9-19/h4-5,8H,6-7,10H2,1-3H3,(H,20,24)(H,21,22). The minimum Gasteiger partial charge on any atom is -0.456 e. The average molecular weight is 382 g/mol. The van der Waals surface area contributed by atoms with E-state index in [1.54, 1.807) is 20.8 Å². The van der Waals surface area contributed by atoms with Crippen LogP contribution in [0.5, 0.6) is 0 Å². The second kappa shape index (κ2) is 9.63. The summed E-state index contributed by atoms with van der Waals surface area (Å²) in [4.78, 5) is 34.8. The summed E-state index contributed by atoms with van der Waals surface area (Å²) in [5.41, 5.74) is -0.172. The van der Waals surface area contributed by atoms with Gasteiger partial charge in [-0.3, -0.25) is 9.59 Å². The van der Waals surface area contributed by atoms with Gasteiger partial charge in [0.05, 0.1) is 17.7 Å². The number of benzene rings is 1. The second-order valence-electron chi connectivity index (χ2n) is 6.19. The van der Waals surface area contributed by atoms with Gasteiger partial charge in [-0.05, 0) is 39.0 Å². The van der Waals surface area contributed by atoms with E-state index in [1.807, 2.05) is 6.07 Å². The molecule has 0 aromatic heterocycles. The average Bonchev–Trinajstić information content (AvgIpc) is 2.51. The van der Waals surface area contributed by atoms with E-state index in [-0.39, 0.29) is 24.2 Å². The molecule has 0 radical (unpaired) electrons. The summed E-state index contributed by atoms with van der Waals surface area (Å²) in [5.74, 6) is -1.28. The number of nitriles is 1. The normalized spacial score (nSPS) is 10.4. The molecule has 0 saturated carbocycles. The first-order chi connectivity index (χ1) is 12.1. The summed E-state index contributed by atoms with van der Waals surface area (Å²) in [6, 6.07) is 6.32. The molecule has 0 unspecified atom stereocenters. The Morgan fingerprint density at radius 1 is 1.27 bits per heavy atom. The Kier molecular flexibility index (Phi) is 7.87. The number of halogens is 1. The summed E-state index contributed by atoms with van der Waals surface area (Å²) in [7, 11) is 0. The molecule has 140 valence electrons. The molecule has 9 heteroatoms. The lowest BCUT2D eigenvalue weighted by atomic mass is 10.2. The molecule has 26 heavy (non-hydrogen) atoms. The number of carbonyl (C=O) groups excluding carboxylic acids is 3. The number of esters is 1. The van der Waals surface area contributed by atoms with Crippen LogP contribution in [0.1, 0.15) is 32.8 Å². The van der Waals surface area contributed by atoms with Crippen molar-refractivity contribution in [1.29, 1.82) is 5.26 Å². The Hall–Kier alpha value is -2.79. The van der Waals surface area contributed by atoms with Crippen LogP contribution in [0.25, 0.3) is 0 Å². The fourth-order valence-corrected chi connectivity index (χ4v) is 1.87. The van der Waals surface area contributed by atoms with Crippen molar-refractivity contribution in [2.24, 2.45) is 0 Å². The van der Waals surface area contributed by atoms with Crippen molar-refractivity contribution in [1.82, 2.24) is 5.32 Å². The van der Waals surface area contributed by atoms with E-state index in [2.05, 4.69) is 10.6 Å². The molecular formula is C17H20ClN3O5. The summed E-state index contributed by atoms with van der Waals surface area (Å²) in [6.45, 7) is 4.65. The highest BCUT2D eigenvalue weighted by atomic mass is 35.5. The third-order valence-electron chi connectivity index (χ3n) is 2.74. The van der Waals surface area contributed by atoms with Crippen molar-refractivity contribution >= 4 is 35.3 Å². The number of ether oxygens (including phenoxy) is 2. The lowest BCUT2D eigenvalue weighted by Crippen LogP contribution is -2.34. The minimum atomic E-state index is -0.664. The van der Waals surface area contributed by atoms with Gasteiger partial charge in [0, 0.05) is 11.6 Å². The van der Waals surface area contributed by atoms with E-state index >= 15 is 0 Å². The highest BCUT2D eigenvalue weighted by Crippen LogP contribution is 2.20. The fraction of sp³-hybridized carbons (Fsp3) is 0.412. The number of rotatable bonds is 6. The van der Waals surface area contributed by atoms with E-state index in [0.29, 0.717) is 5.02 Å². The Balaban J connectivity index is 2.35. The van der Waals surface area contributed by atoms with Crippen molar-refractivity contribution < 1.29 is 23.9 Å². The molecule has 2 N–H and O–H groups in total. The summed E-state index contributed by atoms with van der Waals surface area (Å²) < 4.78 is 9.82. The number of hydrogen-bond donors (Lipinski definition) is 2. The molecule has 1 aromatic rings. The maximum Gasteiger partial charge on any atom is 0.407 e. The van der Waals surface area contributed by atoms with Gasteiger partial charge in [0.25, 0.3) is 5.91 Å². The smallest absolute Gasteiger partial charge is 0.407 e. The van der Waals surface area contributed by atoms with Gasteiger partial charge in [-0.25, -0.2) is 4.79 Å². The molecular weight excluding hydrogens is 362 g/mol. The quantitative estimate of drug-likeness (QED) is 0.731. The maximum atomic E-state index is 11.8. The van der Waals surface area contributed by atoms with Gasteiger partial charge in [0.1, 0.15) is 11.7 Å². The van der Waals surface area contributed by atoms with Crippen molar-refractivity contribution in [3.05, 3.63) is 28.8 Å². The van der Waals surface area contributed by atoms with Gasteiger partial charge in [-0.15, -0.1) is 0 Å². The first kappa shape index (κ1) is 21.3. The summed E-state index contributed by atoms with van der Waals surface area (Å²) in [5, 5.41) is 14.2. The lowest BCUT2D eigenvalue weighted by Gasteiger charge is -2.19. The van der Waals surface area contributed by atoms with Gasteiger partial charge >= 0.3 is 12.1 Å². The lowest BCUT2D eigenvalue weighted by molar-refractivity contribution is -0.147. The zero-order valence-electron chi connectivity index (χ0n) is 14.7. The first-order valence-electron chi connectivity index (χ1n) is 7.72. The number of anilines is 1. The molecule has 0 heterocycles. The highest BCUT2D eigenvalue weighted by molar-refractivity contribution is 6.31. The van der Waals surface area contributed by atoms with Gasteiger partial charge < -0.3 is 20.1 Å². The first-order valence-corrected chi connectivity index (χ1v) is 8.10. The van der Waals surface area contributed by atoms with E-state index in [9.17, 15) is 14.4 Å². The minimum absolute atomic E-state index is 0.0161. The fourth-order valence-electron chi connectivity index (χ4n) is 1.70. The van der Waals surface area contributed by atoms with Crippen LogP contribution >= 0.6 is 11.6 Å². The van der Waals surface area contributed by atoms with Crippen molar-refractivity contribution in [3.63, 3.8) is 0 Å². The molecule has 0 spiro atoms. The topological polar surface area (TPSA) is 118 Å². The van der Waals surface area contributed by atoms with Crippen LogP contribution < -0.4 is 10.6 Å². The SMILES string of the molecule is CC(C)(C)OC(=O)NCCC(=O)OCC(=O)Nc1cc(Cl)ccc1C#N. The van der Waals surface area contributed by atoms with E-state index < -0.39 is 30.2 Å². The summed E-state index contributed by atoms with van der Waals surface area (Å²) >= 11 is 5.82. The highest BCUT2D eigenvalue weighted by Gasteiger charge is 2.16. The van der Waals surface area contributed by atoms with Crippen LogP contribution in [0, 0.1) is 11.3 Å². The molecule has 0 aliphatic carbocycles. The molecule has 2 amide bonds. The maximum absolute atomic E-state index is 11.8. The van der Waals surface area contributed by atoms with Crippen LogP contribution in [-0.4, -0.2) is 36.7 Å². The molecule has 0 fully saturated rings. The molecule has 0 atom stereocenters. The Morgan fingerprint density at radius 2 is 1.96 bits per heavy atom. The number of nitrogens with one attached hydrogen (secondary N) is 2. The number of hydrogen-bond acceptors (Lipinski definition) is 6.